The number of pyridine rings is 1. The lowest BCUT2D eigenvalue weighted by Gasteiger charge is -2.27. The van der Waals surface area contributed by atoms with Crippen molar-refractivity contribution in [1.82, 2.24) is 9.88 Å². The summed E-state index contributed by atoms with van der Waals surface area (Å²) in [5.74, 6) is 0. The van der Waals surface area contributed by atoms with Crippen molar-refractivity contribution >= 4 is 17.2 Å². The first-order valence-corrected chi connectivity index (χ1v) is 6.47. The third kappa shape index (κ3) is 4.33. The average Bonchev–Trinajstić information content (AvgIpc) is 2.36. The van der Waals surface area contributed by atoms with Gasteiger partial charge in [-0.2, -0.15) is 0 Å². The number of ether oxygens (including phenoxy) is 1. The number of hydrogen-bond acceptors (Lipinski definition) is 4. The first-order chi connectivity index (χ1) is 8.58. The molecule has 1 aromatic heterocycles. The number of nitrogens with zero attached hydrogens (tertiary/aromatic N) is 2. The molecule has 0 saturated carbocycles. The molecule has 18 heavy (non-hydrogen) atoms. The second kappa shape index (κ2) is 7.41. The van der Waals surface area contributed by atoms with E-state index in [0.717, 1.165) is 25.3 Å². The summed E-state index contributed by atoms with van der Waals surface area (Å²) in [5.41, 5.74) is 7.43. The Morgan fingerprint density at radius 1 is 1.61 bits per heavy atom. The number of methoxy groups -OCH3 is 1. The molecule has 0 aromatic carbocycles. The van der Waals surface area contributed by atoms with Crippen LogP contribution < -0.4 is 5.73 Å². The summed E-state index contributed by atoms with van der Waals surface area (Å²) in [5, 5.41) is 0. The van der Waals surface area contributed by atoms with Gasteiger partial charge >= 0.3 is 0 Å². The average molecular weight is 267 g/mol. The lowest BCUT2D eigenvalue weighted by molar-refractivity contribution is 0.0982. The Morgan fingerprint density at radius 2 is 2.33 bits per heavy atom. The van der Waals surface area contributed by atoms with E-state index in [2.05, 4.69) is 23.7 Å². The van der Waals surface area contributed by atoms with Crippen LogP contribution in [0.25, 0.3) is 0 Å². The Morgan fingerprint density at radius 3 is 2.89 bits per heavy atom. The highest BCUT2D eigenvalue weighted by Crippen LogP contribution is 2.09. The molecule has 1 unspecified atom stereocenters. The van der Waals surface area contributed by atoms with Crippen molar-refractivity contribution in [3.63, 3.8) is 0 Å². The van der Waals surface area contributed by atoms with Crippen molar-refractivity contribution in [1.29, 1.82) is 0 Å². The molecular weight excluding hydrogens is 246 g/mol. The van der Waals surface area contributed by atoms with Gasteiger partial charge in [0, 0.05) is 25.9 Å². The predicted molar refractivity (Wildman–Crippen MR) is 77.5 cm³/mol. The van der Waals surface area contributed by atoms with Crippen LogP contribution in [0.4, 0.5) is 0 Å². The number of nitrogens with two attached hydrogens (primary N) is 1. The Kier molecular flexibility index (Phi) is 6.18. The fourth-order valence-corrected chi connectivity index (χ4v) is 1.98. The van der Waals surface area contributed by atoms with Crippen molar-refractivity contribution in [3.8, 4) is 0 Å². The summed E-state index contributed by atoms with van der Waals surface area (Å²) in [6.45, 7) is 6.83. The van der Waals surface area contributed by atoms with Gasteiger partial charge < -0.3 is 10.5 Å². The Hall–Kier alpha value is -1.04. The minimum absolute atomic E-state index is 0.338. The lowest BCUT2D eigenvalue weighted by Crippen LogP contribution is -2.35. The van der Waals surface area contributed by atoms with E-state index in [1.54, 1.807) is 13.3 Å². The van der Waals surface area contributed by atoms with E-state index in [0.29, 0.717) is 16.7 Å². The molecule has 0 aliphatic carbocycles. The molecule has 1 rings (SSSR count). The number of aromatic nitrogens is 1. The summed E-state index contributed by atoms with van der Waals surface area (Å²) < 4.78 is 5.19. The molecular formula is C13H21N3OS. The van der Waals surface area contributed by atoms with Crippen molar-refractivity contribution in [2.24, 2.45) is 5.73 Å². The van der Waals surface area contributed by atoms with Crippen LogP contribution in [0.1, 0.15) is 25.1 Å². The summed E-state index contributed by atoms with van der Waals surface area (Å²) in [4.78, 5) is 6.82. The van der Waals surface area contributed by atoms with Crippen molar-refractivity contribution in [2.45, 2.75) is 26.4 Å². The van der Waals surface area contributed by atoms with Crippen LogP contribution in [0.3, 0.4) is 0 Å². The van der Waals surface area contributed by atoms with E-state index < -0.39 is 0 Å². The molecule has 0 aliphatic heterocycles. The topological polar surface area (TPSA) is 51.4 Å². The van der Waals surface area contributed by atoms with Gasteiger partial charge in [-0.15, -0.1) is 0 Å². The SMILES string of the molecule is CCN(Cc1ccnc(C(N)=S)c1)C(C)COC. The molecule has 0 radical (unpaired) electrons. The molecule has 0 amide bonds. The third-order valence-electron chi connectivity index (χ3n) is 2.90. The number of rotatable bonds is 7. The van der Waals surface area contributed by atoms with Gasteiger partial charge in [-0.3, -0.25) is 9.88 Å². The molecule has 1 heterocycles. The standard InChI is InChI=1S/C13H21N3OS/c1-4-16(10(2)9-17-3)8-11-5-6-15-12(7-11)13(14)18/h5-7,10H,4,8-9H2,1-3H3,(H2,14,18). The summed E-state index contributed by atoms with van der Waals surface area (Å²) in [6, 6.07) is 4.32. The first-order valence-electron chi connectivity index (χ1n) is 6.06. The van der Waals surface area contributed by atoms with E-state index in [1.165, 1.54) is 0 Å². The van der Waals surface area contributed by atoms with Gasteiger partial charge in [-0.05, 0) is 31.2 Å². The highest BCUT2D eigenvalue weighted by molar-refractivity contribution is 7.80. The second-order valence-electron chi connectivity index (χ2n) is 4.28. The molecule has 5 heteroatoms. The zero-order valence-corrected chi connectivity index (χ0v) is 12.0. The molecule has 2 N–H and O–H groups in total. The normalized spacial score (nSPS) is 12.7. The predicted octanol–water partition coefficient (Wildman–Crippen LogP) is 1.57. The highest BCUT2D eigenvalue weighted by Gasteiger charge is 2.12. The maximum atomic E-state index is 5.59. The van der Waals surface area contributed by atoms with Crippen LogP contribution in [0.15, 0.2) is 18.3 Å². The fraction of sp³-hybridized carbons (Fsp3) is 0.538. The molecule has 1 aromatic rings. The summed E-state index contributed by atoms with van der Waals surface area (Å²) >= 11 is 4.94. The fourth-order valence-electron chi connectivity index (χ4n) is 1.87. The Labute approximate surface area is 114 Å². The van der Waals surface area contributed by atoms with Gasteiger partial charge in [0.2, 0.25) is 0 Å². The molecule has 0 spiro atoms. The molecule has 0 bridgehead atoms. The minimum Gasteiger partial charge on any atom is -0.388 e. The summed E-state index contributed by atoms with van der Waals surface area (Å²) in [7, 11) is 1.72. The van der Waals surface area contributed by atoms with Crippen molar-refractivity contribution in [3.05, 3.63) is 29.6 Å². The van der Waals surface area contributed by atoms with Crippen LogP contribution in [-0.4, -0.2) is 41.2 Å². The van der Waals surface area contributed by atoms with Crippen molar-refractivity contribution in [2.75, 3.05) is 20.3 Å². The van der Waals surface area contributed by atoms with Crippen LogP contribution in [0, 0.1) is 0 Å². The Bertz CT molecular complexity index is 398. The molecule has 1 atom stereocenters. The summed E-state index contributed by atoms with van der Waals surface area (Å²) in [6.07, 6.45) is 1.75. The van der Waals surface area contributed by atoms with Gasteiger partial charge in [0.1, 0.15) is 4.99 Å². The minimum atomic E-state index is 0.338. The number of thiocarbonyl (C=S) groups is 1. The molecule has 0 aliphatic rings. The van der Waals surface area contributed by atoms with Gasteiger partial charge in [0.25, 0.3) is 0 Å². The van der Waals surface area contributed by atoms with Crippen LogP contribution in [0.5, 0.6) is 0 Å². The Balaban J connectivity index is 2.75. The zero-order valence-electron chi connectivity index (χ0n) is 11.2. The molecule has 0 saturated heterocycles. The largest absolute Gasteiger partial charge is 0.388 e. The maximum Gasteiger partial charge on any atom is 0.122 e. The van der Waals surface area contributed by atoms with Gasteiger partial charge in [-0.25, -0.2) is 0 Å². The van der Waals surface area contributed by atoms with E-state index >= 15 is 0 Å². The van der Waals surface area contributed by atoms with Crippen molar-refractivity contribution < 1.29 is 4.74 Å². The van der Waals surface area contributed by atoms with Crippen LogP contribution in [0.2, 0.25) is 0 Å². The van der Waals surface area contributed by atoms with Gasteiger partial charge in [0.05, 0.1) is 12.3 Å². The quantitative estimate of drug-likeness (QED) is 0.760. The number of hydrogen-bond donors (Lipinski definition) is 1. The van der Waals surface area contributed by atoms with E-state index in [-0.39, 0.29) is 0 Å². The van der Waals surface area contributed by atoms with Gasteiger partial charge in [-0.1, -0.05) is 19.1 Å². The second-order valence-corrected chi connectivity index (χ2v) is 4.72. The maximum absolute atomic E-state index is 5.59. The smallest absolute Gasteiger partial charge is 0.122 e. The van der Waals surface area contributed by atoms with E-state index in [9.17, 15) is 0 Å². The third-order valence-corrected chi connectivity index (χ3v) is 3.11. The number of likely N-dealkylation sites (N-methyl/N-ethyl adjacent to an activating group) is 1. The van der Waals surface area contributed by atoms with E-state index in [4.69, 9.17) is 22.7 Å². The van der Waals surface area contributed by atoms with E-state index in [1.807, 2.05) is 12.1 Å². The van der Waals surface area contributed by atoms with Gasteiger partial charge in [0.15, 0.2) is 0 Å². The molecule has 0 fully saturated rings. The molecule has 4 nitrogen and oxygen atoms in total. The highest BCUT2D eigenvalue weighted by atomic mass is 32.1. The molecule has 100 valence electrons. The van der Waals surface area contributed by atoms with Crippen LogP contribution >= 0.6 is 12.2 Å². The first kappa shape index (κ1) is 15.0. The zero-order chi connectivity index (χ0) is 13.5. The van der Waals surface area contributed by atoms with Crippen LogP contribution in [-0.2, 0) is 11.3 Å². The lowest BCUT2D eigenvalue weighted by atomic mass is 10.2. The monoisotopic (exact) mass is 267 g/mol.